The molecule has 22 heavy (non-hydrogen) atoms. The van der Waals surface area contributed by atoms with Gasteiger partial charge in [-0.25, -0.2) is 0 Å². The summed E-state index contributed by atoms with van der Waals surface area (Å²) in [6.07, 6.45) is 15.9. The summed E-state index contributed by atoms with van der Waals surface area (Å²) in [4.78, 5) is 12.2. The van der Waals surface area contributed by atoms with Gasteiger partial charge < -0.3 is 8.83 Å². The van der Waals surface area contributed by atoms with E-state index in [0.29, 0.717) is 0 Å². The van der Waals surface area contributed by atoms with Gasteiger partial charge in [0, 0.05) is 11.1 Å². The van der Waals surface area contributed by atoms with Crippen molar-refractivity contribution in [3.05, 3.63) is 83.8 Å². The summed E-state index contributed by atoms with van der Waals surface area (Å²) in [6.45, 7) is 0. The maximum Gasteiger partial charge on any atom is 0.185 e. The number of hydrogen-bond acceptors (Lipinski definition) is 3. The third-order valence-corrected chi connectivity index (χ3v) is 3.45. The number of ketones is 1. The van der Waals surface area contributed by atoms with Crippen molar-refractivity contribution >= 4 is 17.9 Å². The van der Waals surface area contributed by atoms with Crippen molar-refractivity contribution in [2.45, 2.75) is 12.8 Å². The molecule has 0 aliphatic heterocycles. The summed E-state index contributed by atoms with van der Waals surface area (Å²) in [5.74, 6) is 1.67. The number of allylic oxidation sites excluding steroid dienone is 6. The molecule has 0 bridgehead atoms. The summed E-state index contributed by atoms with van der Waals surface area (Å²) >= 11 is 0. The van der Waals surface area contributed by atoms with Crippen LogP contribution < -0.4 is 0 Å². The molecule has 0 saturated heterocycles. The summed E-state index contributed by atoms with van der Waals surface area (Å²) in [5, 5.41) is 0. The first-order valence-electron chi connectivity index (χ1n) is 7.19. The predicted octanol–water partition coefficient (Wildman–Crippen LogP) is 4.81. The summed E-state index contributed by atoms with van der Waals surface area (Å²) < 4.78 is 10.4. The van der Waals surface area contributed by atoms with Crippen LogP contribution in [0.25, 0.3) is 12.2 Å². The van der Waals surface area contributed by atoms with E-state index in [1.807, 2.05) is 60.7 Å². The van der Waals surface area contributed by atoms with E-state index < -0.39 is 0 Å². The molecule has 2 aromatic rings. The van der Waals surface area contributed by atoms with E-state index in [1.54, 1.807) is 12.5 Å². The number of hydrogen-bond donors (Lipinski definition) is 0. The molecule has 3 heteroatoms. The van der Waals surface area contributed by atoms with E-state index in [4.69, 9.17) is 8.83 Å². The summed E-state index contributed by atoms with van der Waals surface area (Å²) in [6, 6.07) is 7.41. The van der Waals surface area contributed by atoms with Gasteiger partial charge in [-0.3, -0.25) is 4.79 Å². The molecule has 1 saturated carbocycles. The Hall–Kier alpha value is -2.81. The zero-order chi connectivity index (χ0) is 15.2. The van der Waals surface area contributed by atoms with Gasteiger partial charge in [0.15, 0.2) is 5.78 Å². The first kappa shape index (κ1) is 14.1. The summed E-state index contributed by atoms with van der Waals surface area (Å²) in [5.41, 5.74) is 1.67. The average molecular weight is 292 g/mol. The minimum atomic E-state index is 0.119. The lowest BCUT2D eigenvalue weighted by molar-refractivity contribution is -0.111. The predicted molar refractivity (Wildman–Crippen MR) is 85.9 cm³/mol. The number of furan rings is 2. The van der Waals surface area contributed by atoms with Crippen molar-refractivity contribution in [3.63, 3.8) is 0 Å². The molecule has 1 aliphatic carbocycles. The minimum absolute atomic E-state index is 0.119. The minimum Gasteiger partial charge on any atom is -0.465 e. The first-order chi connectivity index (χ1) is 10.8. The molecule has 0 unspecified atom stereocenters. The zero-order valence-corrected chi connectivity index (χ0v) is 12.1. The van der Waals surface area contributed by atoms with Crippen LogP contribution in [0.5, 0.6) is 0 Å². The molecule has 0 amide bonds. The Balaban J connectivity index is 1.64. The van der Waals surface area contributed by atoms with Gasteiger partial charge in [-0.05, 0) is 49.3 Å². The van der Waals surface area contributed by atoms with E-state index in [0.717, 1.165) is 35.5 Å². The van der Waals surface area contributed by atoms with Crippen molar-refractivity contribution < 1.29 is 13.6 Å². The van der Waals surface area contributed by atoms with Crippen molar-refractivity contribution in [2.75, 3.05) is 0 Å². The maximum absolute atomic E-state index is 12.2. The number of Topliss-reactive ketones (excluding diaryl/α,β-unsaturated/α-hetero) is 1. The fraction of sp³-hybridized carbons (Fsp3) is 0.105. The van der Waals surface area contributed by atoms with E-state index in [-0.39, 0.29) is 5.78 Å². The van der Waals surface area contributed by atoms with Gasteiger partial charge in [-0.2, -0.15) is 0 Å². The molecule has 0 spiro atoms. The van der Waals surface area contributed by atoms with Crippen LogP contribution in [0.3, 0.4) is 0 Å². The van der Waals surface area contributed by atoms with Crippen LogP contribution in [0, 0.1) is 0 Å². The number of carbonyl (C=O) groups is 1. The summed E-state index contributed by atoms with van der Waals surface area (Å²) in [7, 11) is 0. The molecule has 0 N–H and O–H groups in total. The average Bonchev–Trinajstić information content (AvgIpc) is 3.25. The molecule has 0 aromatic carbocycles. The largest absolute Gasteiger partial charge is 0.465 e. The SMILES string of the molecule is O=C1/C(=C\C=C\c2ccco2)CC/C1=C/C=C/c1ccco1. The molecular formula is C19H16O3. The molecule has 110 valence electrons. The fourth-order valence-corrected chi connectivity index (χ4v) is 2.31. The third kappa shape index (κ3) is 3.44. The Labute approximate surface area is 128 Å². The second-order valence-corrected chi connectivity index (χ2v) is 4.96. The van der Waals surface area contributed by atoms with Gasteiger partial charge in [0.25, 0.3) is 0 Å². The topological polar surface area (TPSA) is 43.4 Å². The molecule has 3 nitrogen and oxygen atoms in total. The van der Waals surface area contributed by atoms with Crippen LogP contribution >= 0.6 is 0 Å². The van der Waals surface area contributed by atoms with E-state index in [9.17, 15) is 4.79 Å². The van der Waals surface area contributed by atoms with Crippen molar-refractivity contribution in [3.8, 4) is 0 Å². The lowest BCUT2D eigenvalue weighted by Gasteiger charge is -1.91. The highest BCUT2D eigenvalue weighted by molar-refractivity contribution is 6.11. The standard InChI is InChI=1S/C19H16O3/c20-19-15(5-1-7-17-9-3-13-21-17)11-12-16(19)6-2-8-18-10-4-14-22-18/h1-10,13-14H,11-12H2/b7-1+,8-2+,15-5-,16-6-. The van der Waals surface area contributed by atoms with Gasteiger partial charge >= 0.3 is 0 Å². The normalized spacial score (nSPS) is 19.4. The Kier molecular flexibility index (Phi) is 4.35. The van der Waals surface area contributed by atoms with Gasteiger partial charge in [0.05, 0.1) is 12.5 Å². The molecule has 0 atom stereocenters. The van der Waals surface area contributed by atoms with Gasteiger partial charge in [-0.1, -0.05) is 24.3 Å². The smallest absolute Gasteiger partial charge is 0.185 e. The Morgan fingerprint density at radius 2 is 1.32 bits per heavy atom. The van der Waals surface area contributed by atoms with Crippen molar-refractivity contribution in [2.24, 2.45) is 0 Å². The monoisotopic (exact) mass is 292 g/mol. The van der Waals surface area contributed by atoms with E-state index in [1.165, 1.54) is 0 Å². The molecule has 3 rings (SSSR count). The van der Waals surface area contributed by atoms with Gasteiger partial charge in [-0.15, -0.1) is 0 Å². The lowest BCUT2D eigenvalue weighted by atomic mass is 10.1. The molecule has 2 heterocycles. The van der Waals surface area contributed by atoms with Crippen LogP contribution in [-0.2, 0) is 4.79 Å². The van der Waals surface area contributed by atoms with E-state index >= 15 is 0 Å². The van der Waals surface area contributed by atoms with Crippen LogP contribution in [-0.4, -0.2) is 5.78 Å². The Morgan fingerprint density at radius 1 is 0.818 bits per heavy atom. The van der Waals surface area contributed by atoms with Crippen molar-refractivity contribution in [1.29, 1.82) is 0 Å². The van der Waals surface area contributed by atoms with Crippen LogP contribution in [0.15, 0.2) is 81.1 Å². The maximum atomic E-state index is 12.2. The third-order valence-electron chi connectivity index (χ3n) is 3.45. The van der Waals surface area contributed by atoms with Crippen LogP contribution in [0.1, 0.15) is 24.4 Å². The lowest BCUT2D eigenvalue weighted by Crippen LogP contribution is -1.94. The second kappa shape index (κ2) is 6.76. The van der Waals surface area contributed by atoms with E-state index in [2.05, 4.69) is 0 Å². The zero-order valence-electron chi connectivity index (χ0n) is 12.1. The van der Waals surface area contributed by atoms with Crippen LogP contribution in [0.4, 0.5) is 0 Å². The van der Waals surface area contributed by atoms with Crippen LogP contribution in [0.2, 0.25) is 0 Å². The first-order valence-corrected chi connectivity index (χ1v) is 7.19. The quantitative estimate of drug-likeness (QED) is 0.759. The molecule has 1 fully saturated rings. The highest BCUT2D eigenvalue weighted by Gasteiger charge is 2.21. The molecule has 0 radical (unpaired) electrons. The highest BCUT2D eigenvalue weighted by Crippen LogP contribution is 2.26. The molecular weight excluding hydrogens is 276 g/mol. The second-order valence-electron chi connectivity index (χ2n) is 4.96. The Morgan fingerprint density at radius 3 is 1.73 bits per heavy atom. The highest BCUT2D eigenvalue weighted by atomic mass is 16.3. The Bertz CT molecular complexity index is 674. The van der Waals surface area contributed by atoms with Gasteiger partial charge in [0.2, 0.25) is 0 Å². The van der Waals surface area contributed by atoms with Gasteiger partial charge in [0.1, 0.15) is 11.5 Å². The number of rotatable bonds is 4. The van der Waals surface area contributed by atoms with Crippen molar-refractivity contribution in [1.82, 2.24) is 0 Å². The number of carbonyl (C=O) groups excluding carboxylic acids is 1. The molecule has 2 aromatic heterocycles. The fourth-order valence-electron chi connectivity index (χ4n) is 2.31. The molecule has 1 aliphatic rings.